The van der Waals surface area contributed by atoms with Gasteiger partial charge in [0.15, 0.2) is 6.10 Å². The minimum absolute atomic E-state index is 0.0600. The van der Waals surface area contributed by atoms with Crippen molar-refractivity contribution in [2.75, 3.05) is 13.2 Å². The molecule has 0 unspecified atom stereocenters. The molecule has 0 spiro atoms. The SMILES string of the molecule is CCCCCCCC/C=C\CCCCCCCCCCCC(=O)O[C@@H](CO)COC(=O)CCCCCCCCCCCCCCCCCCC. The van der Waals surface area contributed by atoms with Crippen LogP contribution in [0.1, 0.15) is 245 Å². The molecule has 0 bridgehead atoms. The van der Waals surface area contributed by atoms with Crippen LogP contribution in [0.4, 0.5) is 0 Å². The predicted molar refractivity (Wildman–Crippen MR) is 215 cm³/mol. The molecule has 0 saturated carbocycles. The van der Waals surface area contributed by atoms with E-state index in [0.717, 1.165) is 32.1 Å². The fourth-order valence-electron chi connectivity index (χ4n) is 6.67. The highest BCUT2D eigenvalue weighted by atomic mass is 16.6. The van der Waals surface area contributed by atoms with Crippen molar-refractivity contribution in [1.29, 1.82) is 0 Å². The summed E-state index contributed by atoms with van der Waals surface area (Å²) in [5.74, 6) is -0.578. The molecule has 0 fully saturated rings. The Kier molecular flexibility index (Phi) is 40.9. The van der Waals surface area contributed by atoms with E-state index in [1.54, 1.807) is 0 Å². The maximum atomic E-state index is 12.2. The van der Waals surface area contributed by atoms with E-state index in [0.29, 0.717) is 12.8 Å². The van der Waals surface area contributed by atoms with Gasteiger partial charge in [-0.3, -0.25) is 9.59 Å². The topological polar surface area (TPSA) is 72.8 Å². The highest BCUT2D eigenvalue weighted by molar-refractivity contribution is 5.70. The largest absolute Gasteiger partial charge is 0.462 e. The van der Waals surface area contributed by atoms with Crippen LogP contribution in [0.15, 0.2) is 12.2 Å². The zero-order valence-electron chi connectivity index (χ0n) is 33.7. The van der Waals surface area contributed by atoms with Crippen molar-refractivity contribution >= 4 is 11.9 Å². The van der Waals surface area contributed by atoms with E-state index in [-0.39, 0.29) is 25.2 Å². The average Bonchev–Trinajstić information content (AvgIpc) is 3.12. The normalized spacial score (nSPS) is 12.1. The Hall–Kier alpha value is -1.36. The van der Waals surface area contributed by atoms with Gasteiger partial charge in [0.2, 0.25) is 0 Å². The number of ether oxygens (including phenoxy) is 2. The Morgan fingerprint density at radius 3 is 1.08 bits per heavy atom. The molecule has 1 atom stereocenters. The fraction of sp³-hybridized carbons (Fsp3) is 0.911. The van der Waals surface area contributed by atoms with E-state index in [1.807, 2.05) is 0 Å². The van der Waals surface area contributed by atoms with Gasteiger partial charge in [-0.1, -0.05) is 206 Å². The Balaban J connectivity index is 3.48. The molecule has 0 aliphatic carbocycles. The van der Waals surface area contributed by atoms with Crippen LogP contribution in [0.2, 0.25) is 0 Å². The minimum atomic E-state index is -0.766. The number of carbonyl (C=O) groups is 2. The standard InChI is InChI=1S/C45H86O5/c1-3-5-7-9-11-13-15-17-19-21-22-24-26-28-30-32-34-36-38-40-45(48)50-43(41-46)42-49-44(47)39-37-35-33-31-29-27-25-23-20-18-16-14-12-10-8-6-4-2/h17,19,43,46H,3-16,18,20-42H2,1-2H3/b19-17-/t43-/m0/s1. The van der Waals surface area contributed by atoms with Crippen molar-refractivity contribution in [2.24, 2.45) is 0 Å². The van der Waals surface area contributed by atoms with Crippen molar-refractivity contribution in [1.82, 2.24) is 0 Å². The summed E-state index contributed by atoms with van der Waals surface area (Å²) in [6.45, 7) is 4.16. The lowest BCUT2D eigenvalue weighted by molar-refractivity contribution is -0.161. The molecule has 0 aliphatic heterocycles. The summed E-state index contributed by atoms with van der Waals surface area (Å²) in [6.07, 6.45) is 48.5. The summed E-state index contributed by atoms with van der Waals surface area (Å²) in [5, 5.41) is 9.58. The molecule has 1 N–H and O–H groups in total. The minimum Gasteiger partial charge on any atom is -0.462 e. The van der Waals surface area contributed by atoms with Crippen LogP contribution in [0.5, 0.6) is 0 Å². The summed E-state index contributed by atoms with van der Waals surface area (Å²) in [5.41, 5.74) is 0. The maximum absolute atomic E-state index is 12.2. The number of aliphatic hydroxyl groups excluding tert-OH is 1. The molecule has 296 valence electrons. The molecule has 0 aromatic heterocycles. The van der Waals surface area contributed by atoms with Crippen LogP contribution in [0, 0.1) is 0 Å². The lowest BCUT2D eigenvalue weighted by atomic mass is 10.0. The number of aliphatic hydroxyl groups is 1. The van der Waals surface area contributed by atoms with Crippen molar-refractivity contribution in [2.45, 2.75) is 251 Å². The number of esters is 2. The van der Waals surface area contributed by atoms with Crippen molar-refractivity contribution in [3.8, 4) is 0 Å². The number of unbranched alkanes of at least 4 members (excludes halogenated alkanes) is 31. The number of rotatable bonds is 41. The molecule has 0 aromatic carbocycles. The maximum Gasteiger partial charge on any atom is 0.306 e. The molecular weight excluding hydrogens is 620 g/mol. The van der Waals surface area contributed by atoms with E-state index in [2.05, 4.69) is 26.0 Å². The first-order valence-electron chi connectivity index (χ1n) is 22.2. The summed E-state index contributed by atoms with van der Waals surface area (Å²) in [4.78, 5) is 24.3. The summed E-state index contributed by atoms with van der Waals surface area (Å²) in [6, 6.07) is 0. The molecule has 50 heavy (non-hydrogen) atoms. The van der Waals surface area contributed by atoms with Gasteiger partial charge in [-0.25, -0.2) is 0 Å². The van der Waals surface area contributed by atoms with E-state index in [1.165, 1.54) is 186 Å². The molecule has 0 rings (SSSR count). The Labute approximate surface area is 311 Å². The molecule has 0 radical (unpaired) electrons. The third-order valence-electron chi connectivity index (χ3n) is 10.1. The number of allylic oxidation sites excluding steroid dienone is 2. The fourth-order valence-corrected chi connectivity index (χ4v) is 6.67. The Bertz CT molecular complexity index is 720. The van der Waals surface area contributed by atoms with Gasteiger partial charge in [0.1, 0.15) is 6.61 Å². The smallest absolute Gasteiger partial charge is 0.306 e. The van der Waals surface area contributed by atoms with Crippen molar-refractivity contribution in [3.63, 3.8) is 0 Å². The van der Waals surface area contributed by atoms with Gasteiger partial charge >= 0.3 is 11.9 Å². The predicted octanol–water partition coefficient (Wildman–Crippen LogP) is 14.1. The number of carbonyl (C=O) groups excluding carboxylic acids is 2. The zero-order chi connectivity index (χ0) is 36.4. The quantitative estimate of drug-likeness (QED) is 0.0389. The molecule has 5 nitrogen and oxygen atoms in total. The molecule has 0 heterocycles. The summed E-state index contributed by atoms with van der Waals surface area (Å²) in [7, 11) is 0. The third-order valence-corrected chi connectivity index (χ3v) is 10.1. The molecule has 0 amide bonds. The highest BCUT2D eigenvalue weighted by Gasteiger charge is 2.16. The zero-order valence-corrected chi connectivity index (χ0v) is 33.7. The number of hydrogen-bond donors (Lipinski definition) is 1. The second-order valence-corrected chi connectivity index (χ2v) is 15.1. The van der Waals surface area contributed by atoms with E-state index < -0.39 is 6.10 Å². The lowest BCUT2D eigenvalue weighted by Crippen LogP contribution is -2.28. The van der Waals surface area contributed by atoms with E-state index in [9.17, 15) is 14.7 Å². The highest BCUT2D eigenvalue weighted by Crippen LogP contribution is 2.16. The van der Waals surface area contributed by atoms with Crippen molar-refractivity contribution in [3.05, 3.63) is 12.2 Å². The van der Waals surface area contributed by atoms with Gasteiger partial charge in [0.05, 0.1) is 6.61 Å². The van der Waals surface area contributed by atoms with Crippen molar-refractivity contribution < 1.29 is 24.2 Å². The Morgan fingerprint density at radius 2 is 0.740 bits per heavy atom. The second kappa shape index (κ2) is 42.1. The van der Waals surface area contributed by atoms with Gasteiger partial charge in [-0.2, -0.15) is 0 Å². The van der Waals surface area contributed by atoms with Crippen LogP contribution in [-0.4, -0.2) is 36.4 Å². The first-order chi connectivity index (χ1) is 24.6. The monoisotopic (exact) mass is 707 g/mol. The van der Waals surface area contributed by atoms with Crippen LogP contribution < -0.4 is 0 Å². The van der Waals surface area contributed by atoms with Gasteiger partial charge in [0, 0.05) is 12.8 Å². The van der Waals surface area contributed by atoms with Crippen LogP contribution in [0.3, 0.4) is 0 Å². The van der Waals surface area contributed by atoms with E-state index >= 15 is 0 Å². The Morgan fingerprint density at radius 1 is 0.440 bits per heavy atom. The van der Waals surface area contributed by atoms with Crippen LogP contribution in [0.25, 0.3) is 0 Å². The first-order valence-corrected chi connectivity index (χ1v) is 22.2. The first kappa shape index (κ1) is 48.6. The number of hydrogen-bond acceptors (Lipinski definition) is 5. The molecule has 0 aromatic rings. The van der Waals surface area contributed by atoms with Crippen LogP contribution >= 0.6 is 0 Å². The van der Waals surface area contributed by atoms with E-state index in [4.69, 9.17) is 9.47 Å². The molecular formula is C45H86O5. The van der Waals surface area contributed by atoms with Gasteiger partial charge in [0.25, 0.3) is 0 Å². The molecule has 0 saturated heterocycles. The summed E-state index contributed by atoms with van der Waals surface area (Å²) < 4.78 is 10.6. The molecule has 0 aliphatic rings. The van der Waals surface area contributed by atoms with Crippen LogP contribution in [-0.2, 0) is 19.1 Å². The summed E-state index contributed by atoms with van der Waals surface area (Å²) >= 11 is 0. The lowest BCUT2D eigenvalue weighted by Gasteiger charge is -2.15. The van der Waals surface area contributed by atoms with Gasteiger partial charge in [-0.05, 0) is 38.5 Å². The second-order valence-electron chi connectivity index (χ2n) is 15.1. The van der Waals surface area contributed by atoms with Gasteiger partial charge < -0.3 is 14.6 Å². The van der Waals surface area contributed by atoms with Gasteiger partial charge in [-0.15, -0.1) is 0 Å². The average molecular weight is 707 g/mol. The third kappa shape index (κ3) is 39.4. The molecule has 5 heteroatoms.